The summed E-state index contributed by atoms with van der Waals surface area (Å²) in [6.45, 7) is 3.45. The molecular weight excluding hydrogens is 146 g/mol. The minimum atomic E-state index is 0.770. The zero-order valence-corrected chi connectivity index (χ0v) is 8.18. The summed E-state index contributed by atoms with van der Waals surface area (Å²) in [5, 5.41) is 3.54. The smallest absolute Gasteiger partial charge is 0.0102 e. The molecule has 1 fully saturated rings. The van der Waals surface area contributed by atoms with Gasteiger partial charge in [0.15, 0.2) is 0 Å². The molecule has 12 heavy (non-hydrogen) atoms. The van der Waals surface area contributed by atoms with E-state index in [-0.39, 0.29) is 0 Å². The van der Waals surface area contributed by atoms with E-state index >= 15 is 0 Å². The van der Waals surface area contributed by atoms with Crippen LogP contribution in [0.25, 0.3) is 0 Å². The van der Waals surface area contributed by atoms with Crippen molar-refractivity contribution in [1.29, 1.82) is 0 Å². The summed E-state index contributed by atoms with van der Waals surface area (Å²) in [6.07, 6.45) is 12.6. The molecule has 0 bridgehead atoms. The minimum absolute atomic E-state index is 0.770. The highest BCUT2D eigenvalue weighted by molar-refractivity contribution is 4.87. The van der Waals surface area contributed by atoms with Crippen LogP contribution in [-0.2, 0) is 0 Å². The molecule has 0 radical (unpaired) electrons. The lowest BCUT2D eigenvalue weighted by Gasteiger charge is -2.21. The van der Waals surface area contributed by atoms with Gasteiger partial charge in [0.1, 0.15) is 0 Å². The monoisotopic (exact) mass is 167 g/mol. The number of rotatable bonds is 4. The quantitative estimate of drug-likeness (QED) is 0.635. The van der Waals surface area contributed by atoms with Crippen molar-refractivity contribution < 1.29 is 0 Å². The van der Waals surface area contributed by atoms with Crippen LogP contribution in [0.5, 0.6) is 0 Å². The summed E-state index contributed by atoms with van der Waals surface area (Å²) in [5.74, 6) is 0. The first kappa shape index (κ1) is 9.79. The van der Waals surface area contributed by atoms with E-state index in [0.29, 0.717) is 0 Å². The Hall–Kier alpha value is -0.300. The second kappa shape index (κ2) is 6.24. The third-order valence-electron chi connectivity index (χ3n) is 2.45. The molecule has 0 saturated carbocycles. The normalized spacial score (nSPS) is 24.9. The summed E-state index contributed by atoms with van der Waals surface area (Å²) in [5.41, 5.74) is 0. The van der Waals surface area contributed by atoms with Gasteiger partial charge in [0.2, 0.25) is 0 Å². The van der Waals surface area contributed by atoms with Gasteiger partial charge in [-0.1, -0.05) is 31.9 Å². The summed E-state index contributed by atoms with van der Waals surface area (Å²) >= 11 is 0. The molecule has 1 nitrogen and oxygen atoms in total. The van der Waals surface area contributed by atoms with Gasteiger partial charge in [0, 0.05) is 6.04 Å². The molecule has 1 atom stereocenters. The highest BCUT2D eigenvalue weighted by atomic mass is 14.9. The van der Waals surface area contributed by atoms with Crippen LogP contribution in [0.2, 0.25) is 0 Å². The third kappa shape index (κ3) is 3.91. The van der Waals surface area contributed by atoms with E-state index in [9.17, 15) is 0 Å². The van der Waals surface area contributed by atoms with Gasteiger partial charge in [-0.3, -0.25) is 0 Å². The zero-order chi connectivity index (χ0) is 8.65. The maximum absolute atomic E-state index is 3.54. The Bertz CT molecular complexity index is 123. The molecule has 1 unspecified atom stereocenters. The first-order chi connectivity index (χ1) is 5.93. The Labute approximate surface area is 76.2 Å². The molecule has 0 aromatic carbocycles. The van der Waals surface area contributed by atoms with E-state index in [2.05, 4.69) is 24.4 Å². The first-order valence-corrected chi connectivity index (χ1v) is 5.32. The van der Waals surface area contributed by atoms with Crippen molar-refractivity contribution in [3.8, 4) is 0 Å². The predicted molar refractivity (Wildman–Crippen MR) is 54.3 cm³/mol. The fourth-order valence-electron chi connectivity index (χ4n) is 1.67. The molecule has 0 spiro atoms. The molecule has 70 valence electrons. The van der Waals surface area contributed by atoms with Gasteiger partial charge in [0.25, 0.3) is 0 Å². The molecule has 1 N–H and O–H groups in total. The Morgan fingerprint density at radius 3 is 2.92 bits per heavy atom. The average molecular weight is 167 g/mol. The number of unbranched alkanes of at least 4 members (excludes halogenated alkanes) is 1. The lowest BCUT2D eigenvalue weighted by Crippen LogP contribution is -2.33. The fourth-order valence-corrected chi connectivity index (χ4v) is 1.67. The topological polar surface area (TPSA) is 12.0 Å². The Morgan fingerprint density at radius 2 is 2.25 bits per heavy atom. The highest BCUT2D eigenvalue weighted by Gasteiger charge is 2.09. The SMILES string of the molecule is CCC/C=C/CC1CCCCN1. The summed E-state index contributed by atoms with van der Waals surface area (Å²) < 4.78 is 0. The molecule has 0 aliphatic carbocycles. The van der Waals surface area contributed by atoms with Crippen LogP contribution >= 0.6 is 0 Å². The number of hydrogen-bond donors (Lipinski definition) is 1. The standard InChI is InChI=1S/C11H21N/c1-2-3-4-5-8-11-9-6-7-10-12-11/h4-5,11-12H,2-3,6-10H2,1H3/b5-4+. The van der Waals surface area contributed by atoms with E-state index in [1.165, 1.54) is 45.1 Å². The highest BCUT2D eigenvalue weighted by Crippen LogP contribution is 2.10. The van der Waals surface area contributed by atoms with Gasteiger partial charge in [-0.15, -0.1) is 0 Å². The summed E-state index contributed by atoms with van der Waals surface area (Å²) in [6, 6.07) is 0.770. The molecule has 0 aromatic heterocycles. The molecular formula is C11H21N. The van der Waals surface area contributed by atoms with Crippen LogP contribution in [0.4, 0.5) is 0 Å². The van der Waals surface area contributed by atoms with Crippen LogP contribution in [-0.4, -0.2) is 12.6 Å². The molecule has 1 rings (SSSR count). The van der Waals surface area contributed by atoms with Crippen molar-refractivity contribution >= 4 is 0 Å². The molecule has 1 aliphatic heterocycles. The van der Waals surface area contributed by atoms with Crippen LogP contribution in [0, 0.1) is 0 Å². The van der Waals surface area contributed by atoms with Gasteiger partial charge in [-0.25, -0.2) is 0 Å². The number of allylic oxidation sites excluding steroid dienone is 1. The molecule has 1 heterocycles. The Balaban J connectivity index is 2.04. The molecule has 0 amide bonds. The number of nitrogens with one attached hydrogen (secondary N) is 1. The minimum Gasteiger partial charge on any atom is -0.314 e. The maximum Gasteiger partial charge on any atom is 0.0102 e. The second-order valence-corrected chi connectivity index (χ2v) is 3.64. The summed E-state index contributed by atoms with van der Waals surface area (Å²) in [4.78, 5) is 0. The first-order valence-electron chi connectivity index (χ1n) is 5.32. The Morgan fingerprint density at radius 1 is 1.33 bits per heavy atom. The molecule has 1 aliphatic rings. The predicted octanol–water partition coefficient (Wildman–Crippen LogP) is 2.87. The fraction of sp³-hybridized carbons (Fsp3) is 0.818. The molecule has 0 aromatic rings. The van der Waals surface area contributed by atoms with E-state index in [4.69, 9.17) is 0 Å². The largest absolute Gasteiger partial charge is 0.314 e. The summed E-state index contributed by atoms with van der Waals surface area (Å²) in [7, 11) is 0. The van der Waals surface area contributed by atoms with Crippen molar-refractivity contribution in [3.63, 3.8) is 0 Å². The van der Waals surface area contributed by atoms with Crippen molar-refractivity contribution in [2.24, 2.45) is 0 Å². The van der Waals surface area contributed by atoms with Gasteiger partial charge >= 0.3 is 0 Å². The Kier molecular flexibility index (Phi) is 5.09. The molecule has 1 heteroatoms. The van der Waals surface area contributed by atoms with E-state index in [1.807, 2.05) is 0 Å². The van der Waals surface area contributed by atoms with Crippen molar-refractivity contribution in [2.45, 2.75) is 51.5 Å². The van der Waals surface area contributed by atoms with Crippen LogP contribution < -0.4 is 5.32 Å². The number of piperidine rings is 1. The van der Waals surface area contributed by atoms with E-state index in [1.54, 1.807) is 0 Å². The van der Waals surface area contributed by atoms with Crippen LogP contribution in [0.15, 0.2) is 12.2 Å². The van der Waals surface area contributed by atoms with Crippen LogP contribution in [0.3, 0.4) is 0 Å². The maximum atomic E-state index is 3.54. The lowest BCUT2D eigenvalue weighted by molar-refractivity contribution is 0.403. The van der Waals surface area contributed by atoms with Crippen molar-refractivity contribution in [3.05, 3.63) is 12.2 Å². The van der Waals surface area contributed by atoms with Gasteiger partial charge < -0.3 is 5.32 Å². The van der Waals surface area contributed by atoms with Crippen molar-refractivity contribution in [2.75, 3.05) is 6.54 Å². The van der Waals surface area contributed by atoms with Crippen LogP contribution in [0.1, 0.15) is 45.4 Å². The second-order valence-electron chi connectivity index (χ2n) is 3.64. The van der Waals surface area contributed by atoms with Gasteiger partial charge in [-0.05, 0) is 32.2 Å². The van der Waals surface area contributed by atoms with E-state index < -0.39 is 0 Å². The lowest BCUT2D eigenvalue weighted by atomic mass is 10.0. The number of hydrogen-bond acceptors (Lipinski definition) is 1. The third-order valence-corrected chi connectivity index (χ3v) is 2.45. The van der Waals surface area contributed by atoms with Crippen molar-refractivity contribution in [1.82, 2.24) is 5.32 Å². The van der Waals surface area contributed by atoms with Gasteiger partial charge in [0.05, 0.1) is 0 Å². The average Bonchev–Trinajstić information content (AvgIpc) is 2.14. The zero-order valence-electron chi connectivity index (χ0n) is 8.18. The molecule has 1 saturated heterocycles. The van der Waals surface area contributed by atoms with Gasteiger partial charge in [-0.2, -0.15) is 0 Å². The van der Waals surface area contributed by atoms with E-state index in [0.717, 1.165) is 6.04 Å².